The monoisotopic (exact) mass is 337 g/mol. The number of hydrogen-bond acceptors (Lipinski definition) is 4. The smallest absolute Gasteiger partial charge is 0.246 e. The van der Waals surface area contributed by atoms with Gasteiger partial charge in [-0.25, -0.2) is 8.42 Å². The van der Waals surface area contributed by atoms with E-state index in [0.717, 1.165) is 11.3 Å². The normalized spacial score (nSPS) is 13.5. The number of halogens is 1. The Hall–Kier alpha value is -0.430. The molecule has 1 atom stereocenters. The van der Waals surface area contributed by atoms with E-state index in [-0.39, 0.29) is 16.8 Å². The fourth-order valence-corrected chi connectivity index (χ4v) is 4.28. The van der Waals surface area contributed by atoms with Crippen LogP contribution >= 0.6 is 23.4 Å². The summed E-state index contributed by atoms with van der Waals surface area (Å²) in [4.78, 5) is 0.161. The van der Waals surface area contributed by atoms with Crippen LogP contribution in [0.1, 0.15) is 12.5 Å². The molecule has 0 N–H and O–H groups in total. The Morgan fingerprint density at radius 3 is 2.60 bits per heavy atom. The van der Waals surface area contributed by atoms with Crippen LogP contribution in [0.15, 0.2) is 23.1 Å². The van der Waals surface area contributed by atoms with Crippen LogP contribution in [-0.4, -0.2) is 44.9 Å². The second-order valence-corrected chi connectivity index (χ2v) is 7.59. The largest absolute Gasteiger partial charge is 0.495 e. The van der Waals surface area contributed by atoms with Gasteiger partial charge in [-0.3, -0.25) is 0 Å². The molecule has 0 radical (unpaired) electrons. The third-order valence-corrected chi connectivity index (χ3v) is 6.19. The zero-order chi connectivity index (χ0) is 15.3. The minimum absolute atomic E-state index is 0.0978. The van der Waals surface area contributed by atoms with Crippen molar-refractivity contribution in [1.29, 1.82) is 0 Å². The van der Waals surface area contributed by atoms with Crippen LogP contribution in [0.4, 0.5) is 0 Å². The standard InChI is InChI=1S/C13H20ClNO3S2/c1-10(9-19-4)15(2)20(16,17)13-7-11(8-14)5-6-12(13)18-3/h5-7,10H,8-9H2,1-4H3. The lowest BCUT2D eigenvalue weighted by Crippen LogP contribution is -2.36. The molecule has 0 amide bonds. The highest BCUT2D eigenvalue weighted by Crippen LogP contribution is 2.29. The van der Waals surface area contributed by atoms with Gasteiger partial charge in [-0.2, -0.15) is 16.1 Å². The minimum Gasteiger partial charge on any atom is -0.495 e. The number of ether oxygens (including phenoxy) is 1. The van der Waals surface area contributed by atoms with Crippen molar-refractivity contribution in [2.45, 2.75) is 23.7 Å². The van der Waals surface area contributed by atoms with Gasteiger partial charge in [-0.1, -0.05) is 6.07 Å². The zero-order valence-electron chi connectivity index (χ0n) is 12.1. The van der Waals surface area contributed by atoms with Crippen molar-refractivity contribution < 1.29 is 13.2 Å². The van der Waals surface area contributed by atoms with Crippen molar-refractivity contribution in [3.05, 3.63) is 23.8 Å². The van der Waals surface area contributed by atoms with Crippen LogP contribution in [0, 0.1) is 0 Å². The van der Waals surface area contributed by atoms with E-state index in [1.807, 2.05) is 13.2 Å². The van der Waals surface area contributed by atoms with Gasteiger partial charge in [0.25, 0.3) is 0 Å². The molecule has 1 unspecified atom stereocenters. The molecule has 0 bridgehead atoms. The number of benzene rings is 1. The highest BCUT2D eigenvalue weighted by atomic mass is 35.5. The summed E-state index contributed by atoms with van der Waals surface area (Å²) in [6.07, 6.45) is 1.95. The highest BCUT2D eigenvalue weighted by Gasteiger charge is 2.28. The molecule has 1 aromatic rings. The number of sulfonamides is 1. The molecule has 0 saturated carbocycles. The van der Waals surface area contributed by atoms with Crippen LogP contribution < -0.4 is 4.74 Å². The molecule has 114 valence electrons. The molecule has 0 fully saturated rings. The number of hydrogen-bond donors (Lipinski definition) is 0. The lowest BCUT2D eigenvalue weighted by atomic mass is 10.2. The van der Waals surface area contributed by atoms with Crippen molar-refractivity contribution in [3.63, 3.8) is 0 Å². The Bertz CT molecular complexity index is 549. The van der Waals surface area contributed by atoms with E-state index in [4.69, 9.17) is 16.3 Å². The van der Waals surface area contributed by atoms with Gasteiger partial charge in [-0.15, -0.1) is 11.6 Å². The van der Waals surface area contributed by atoms with Crippen molar-refractivity contribution >= 4 is 33.4 Å². The summed E-state index contributed by atoms with van der Waals surface area (Å²) in [6.45, 7) is 1.88. The van der Waals surface area contributed by atoms with Crippen LogP contribution in [0.25, 0.3) is 0 Å². The van der Waals surface area contributed by atoms with Gasteiger partial charge in [0.05, 0.1) is 7.11 Å². The van der Waals surface area contributed by atoms with Crippen molar-refractivity contribution in [2.75, 3.05) is 26.2 Å². The Labute approximate surface area is 130 Å². The molecular formula is C13H20ClNO3S2. The van der Waals surface area contributed by atoms with Gasteiger partial charge in [0.1, 0.15) is 10.6 Å². The van der Waals surface area contributed by atoms with Crippen LogP contribution in [0.5, 0.6) is 5.75 Å². The Morgan fingerprint density at radius 1 is 1.45 bits per heavy atom. The predicted molar refractivity (Wildman–Crippen MR) is 85.3 cm³/mol. The Morgan fingerprint density at radius 2 is 2.10 bits per heavy atom. The molecule has 0 spiro atoms. The first kappa shape index (κ1) is 17.6. The van der Waals surface area contributed by atoms with E-state index in [1.54, 1.807) is 37.0 Å². The van der Waals surface area contributed by atoms with E-state index in [9.17, 15) is 8.42 Å². The predicted octanol–water partition coefficient (Wildman–Crippen LogP) is 2.81. The number of nitrogens with zero attached hydrogens (tertiary/aromatic N) is 1. The molecule has 1 aromatic carbocycles. The molecule has 0 aliphatic rings. The van der Waals surface area contributed by atoms with Crippen molar-refractivity contribution in [3.8, 4) is 5.75 Å². The Kier molecular flexibility index (Phi) is 6.64. The molecule has 4 nitrogen and oxygen atoms in total. The van der Waals surface area contributed by atoms with Gasteiger partial charge in [0, 0.05) is 24.7 Å². The molecular weight excluding hydrogens is 318 g/mol. The maximum atomic E-state index is 12.7. The fraction of sp³-hybridized carbons (Fsp3) is 0.538. The van der Waals surface area contributed by atoms with Crippen molar-refractivity contribution in [1.82, 2.24) is 4.31 Å². The number of thioether (sulfide) groups is 1. The molecule has 1 rings (SSSR count). The average molecular weight is 338 g/mol. The van der Waals surface area contributed by atoms with Gasteiger partial charge in [-0.05, 0) is 30.9 Å². The van der Waals surface area contributed by atoms with E-state index in [2.05, 4.69) is 0 Å². The average Bonchev–Trinajstić information content (AvgIpc) is 2.45. The summed E-state index contributed by atoms with van der Waals surface area (Å²) in [6, 6.07) is 4.87. The van der Waals surface area contributed by atoms with Gasteiger partial charge < -0.3 is 4.74 Å². The first-order valence-corrected chi connectivity index (χ1v) is 9.45. The van der Waals surface area contributed by atoms with Crippen LogP contribution in [0.2, 0.25) is 0 Å². The first-order valence-electron chi connectivity index (χ1n) is 6.08. The molecule has 7 heteroatoms. The number of methoxy groups -OCH3 is 1. The van der Waals surface area contributed by atoms with E-state index >= 15 is 0 Å². The van der Waals surface area contributed by atoms with Crippen LogP contribution in [-0.2, 0) is 15.9 Å². The molecule has 0 aromatic heterocycles. The third-order valence-electron chi connectivity index (χ3n) is 3.07. The van der Waals surface area contributed by atoms with Gasteiger partial charge in [0.2, 0.25) is 10.0 Å². The Balaban J connectivity index is 3.26. The van der Waals surface area contributed by atoms with Crippen molar-refractivity contribution in [2.24, 2.45) is 0 Å². The molecule has 0 heterocycles. The SMILES string of the molecule is COc1ccc(CCl)cc1S(=O)(=O)N(C)C(C)CSC. The van der Waals surface area contributed by atoms with Gasteiger partial charge in [0.15, 0.2) is 0 Å². The molecule has 0 saturated heterocycles. The lowest BCUT2D eigenvalue weighted by molar-refractivity contribution is 0.389. The second kappa shape index (κ2) is 7.54. The van der Waals surface area contributed by atoms with Crippen LogP contribution in [0.3, 0.4) is 0 Å². The quantitative estimate of drug-likeness (QED) is 0.718. The third kappa shape index (κ3) is 3.81. The second-order valence-electron chi connectivity index (χ2n) is 4.44. The van der Waals surface area contributed by atoms with E-state index in [0.29, 0.717) is 5.75 Å². The number of rotatable bonds is 7. The first-order chi connectivity index (χ1) is 9.38. The lowest BCUT2D eigenvalue weighted by Gasteiger charge is -2.24. The summed E-state index contributed by atoms with van der Waals surface area (Å²) < 4.78 is 31.9. The number of alkyl halides is 1. The molecule has 0 aliphatic carbocycles. The van der Waals surface area contributed by atoms with Gasteiger partial charge >= 0.3 is 0 Å². The topological polar surface area (TPSA) is 46.6 Å². The molecule has 20 heavy (non-hydrogen) atoms. The summed E-state index contributed by atoms with van der Waals surface area (Å²) in [5, 5.41) is 0. The highest BCUT2D eigenvalue weighted by molar-refractivity contribution is 7.98. The zero-order valence-corrected chi connectivity index (χ0v) is 14.5. The van der Waals surface area contributed by atoms with E-state index in [1.165, 1.54) is 11.4 Å². The van der Waals surface area contributed by atoms with E-state index < -0.39 is 10.0 Å². The maximum absolute atomic E-state index is 12.7. The maximum Gasteiger partial charge on any atom is 0.246 e. The summed E-state index contributed by atoms with van der Waals surface area (Å²) >= 11 is 7.39. The summed E-state index contributed by atoms with van der Waals surface area (Å²) in [7, 11) is -0.555. The molecule has 0 aliphatic heterocycles. The summed E-state index contributed by atoms with van der Waals surface area (Å²) in [5.41, 5.74) is 0.747. The fourth-order valence-electron chi connectivity index (χ4n) is 1.74. The minimum atomic E-state index is -3.60. The summed E-state index contributed by atoms with van der Waals surface area (Å²) in [5.74, 6) is 1.33.